The first-order valence-corrected chi connectivity index (χ1v) is 7.14. The molecule has 0 saturated carbocycles. The van der Waals surface area contributed by atoms with Crippen LogP contribution in [0.3, 0.4) is 0 Å². The normalized spacial score (nSPS) is 17.5. The van der Waals surface area contributed by atoms with E-state index in [2.05, 4.69) is 35.7 Å². The number of fused-ring (bicyclic) bond motifs is 1. The summed E-state index contributed by atoms with van der Waals surface area (Å²) in [4.78, 5) is 0. The van der Waals surface area contributed by atoms with Gasteiger partial charge < -0.3 is 9.88 Å². The van der Waals surface area contributed by atoms with Crippen LogP contribution in [-0.4, -0.2) is 4.57 Å². The van der Waals surface area contributed by atoms with E-state index in [1.165, 1.54) is 36.0 Å². The molecule has 1 aliphatic rings. The van der Waals surface area contributed by atoms with Gasteiger partial charge in [-0.1, -0.05) is 24.3 Å². The molecular weight excluding hydrogens is 246 g/mol. The zero-order chi connectivity index (χ0) is 13.9. The highest BCUT2D eigenvalue weighted by Crippen LogP contribution is 2.29. The lowest BCUT2D eigenvalue weighted by Crippen LogP contribution is -2.24. The van der Waals surface area contributed by atoms with Crippen molar-refractivity contribution < 1.29 is 0 Å². The predicted octanol–water partition coefficient (Wildman–Crippen LogP) is 3.06. The molecule has 0 saturated heterocycles. The van der Waals surface area contributed by atoms with Gasteiger partial charge in [0, 0.05) is 25.8 Å². The van der Waals surface area contributed by atoms with E-state index in [1.54, 1.807) is 0 Å². The molecule has 0 aliphatic heterocycles. The van der Waals surface area contributed by atoms with Gasteiger partial charge in [0.25, 0.3) is 0 Å². The van der Waals surface area contributed by atoms with Crippen molar-refractivity contribution in [3.05, 3.63) is 58.9 Å². The molecule has 0 spiro atoms. The Bertz CT molecular complexity index is 648. The Balaban J connectivity index is 1.72. The van der Waals surface area contributed by atoms with E-state index in [0.717, 1.165) is 6.54 Å². The van der Waals surface area contributed by atoms with Crippen molar-refractivity contribution in [1.82, 2.24) is 9.88 Å². The Hall–Kier alpha value is -2.05. The van der Waals surface area contributed by atoms with Crippen molar-refractivity contribution in [3.8, 4) is 6.07 Å². The number of benzene rings is 1. The van der Waals surface area contributed by atoms with Crippen molar-refractivity contribution in [1.29, 1.82) is 5.26 Å². The van der Waals surface area contributed by atoms with Crippen molar-refractivity contribution in [2.45, 2.75) is 31.8 Å². The number of hydrogen-bond acceptors (Lipinski definition) is 2. The average molecular weight is 265 g/mol. The summed E-state index contributed by atoms with van der Waals surface area (Å²) in [5, 5.41) is 12.6. The maximum atomic E-state index is 8.99. The standard InChI is InChI=1S/C17H19N3/c1-20-12-13(9-15(20)10-18)11-19-17-8-4-6-14-5-2-3-7-16(14)17/h2-3,5,7,9,12,17,19H,4,6,8,11H2,1H3. The molecular formula is C17H19N3. The molecule has 3 heteroatoms. The Morgan fingerprint density at radius 1 is 1.40 bits per heavy atom. The van der Waals surface area contributed by atoms with Crippen LogP contribution in [0, 0.1) is 11.3 Å². The molecule has 20 heavy (non-hydrogen) atoms. The fraction of sp³-hybridized carbons (Fsp3) is 0.353. The highest BCUT2D eigenvalue weighted by Gasteiger charge is 2.19. The molecule has 1 heterocycles. The summed E-state index contributed by atoms with van der Waals surface area (Å²) in [6, 6.07) is 13.3. The molecule has 1 N–H and O–H groups in total. The summed E-state index contributed by atoms with van der Waals surface area (Å²) in [5.41, 5.74) is 4.80. The van der Waals surface area contributed by atoms with E-state index < -0.39 is 0 Å². The summed E-state index contributed by atoms with van der Waals surface area (Å²) in [6.45, 7) is 0.814. The molecule has 1 aliphatic carbocycles. The molecule has 3 rings (SSSR count). The molecule has 102 valence electrons. The Morgan fingerprint density at radius 3 is 3.05 bits per heavy atom. The van der Waals surface area contributed by atoms with Gasteiger partial charge in [-0.05, 0) is 42.0 Å². The molecule has 2 aromatic rings. The lowest BCUT2D eigenvalue weighted by Gasteiger charge is -2.26. The SMILES string of the molecule is Cn1cc(CNC2CCCc3ccccc32)cc1C#N. The average Bonchev–Trinajstić information content (AvgIpc) is 2.85. The fourth-order valence-corrected chi connectivity index (χ4v) is 3.05. The van der Waals surface area contributed by atoms with Crippen LogP contribution in [0.25, 0.3) is 0 Å². The highest BCUT2D eigenvalue weighted by molar-refractivity contribution is 5.33. The van der Waals surface area contributed by atoms with Gasteiger partial charge in [0.1, 0.15) is 11.8 Å². The number of rotatable bonds is 3. The largest absolute Gasteiger partial charge is 0.342 e. The molecule has 0 fully saturated rings. The first-order chi connectivity index (χ1) is 9.78. The number of hydrogen-bond donors (Lipinski definition) is 1. The summed E-state index contributed by atoms with van der Waals surface area (Å²) in [5.74, 6) is 0. The second-order valence-corrected chi connectivity index (χ2v) is 5.48. The van der Waals surface area contributed by atoms with Crippen LogP contribution in [0.5, 0.6) is 0 Å². The van der Waals surface area contributed by atoms with Gasteiger partial charge in [0.15, 0.2) is 0 Å². The topological polar surface area (TPSA) is 40.8 Å². The van der Waals surface area contributed by atoms with Crippen molar-refractivity contribution in [2.24, 2.45) is 7.05 Å². The van der Waals surface area contributed by atoms with Crippen molar-refractivity contribution in [3.63, 3.8) is 0 Å². The second kappa shape index (κ2) is 5.52. The summed E-state index contributed by atoms with van der Waals surface area (Å²) >= 11 is 0. The van der Waals surface area contributed by atoms with Crippen molar-refractivity contribution in [2.75, 3.05) is 0 Å². The van der Waals surface area contributed by atoms with Gasteiger partial charge in [-0.2, -0.15) is 5.26 Å². The molecule has 0 radical (unpaired) electrons. The van der Waals surface area contributed by atoms with Gasteiger partial charge in [-0.25, -0.2) is 0 Å². The van der Waals surface area contributed by atoms with Crippen LogP contribution in [0.1, 0.15) is 41.3 Å². The number of aromatic nitrogens is 1. The van der Waals surface area contributed by atoms with Gasteiger partial charge in [0.05, 0.1) is 0 Å². The lowest BCUT2D eigenvalue weighted by molar-refractivity contribution is 0.459. The first-order valence-electron chi connectivity index (χ1n) is 7.14. The molecule has 0 amide bonds. The molecule has 1 unspecified atom stereocenters. The first kappa shape index (κ1) is 13.0. The summed E-state index contributed by atoms with van der Waals surface area (Å²) < 4.78 is 1.88. The van der Waals surface area contributed by atoms with E-state index in [1.807, 2.05) is 23.9 Å². The minimum atomic E-state index is 0.436. The van der Waals surface area contributed by atoms with E-state index in [4.69, 9.17) is 5.26 Å². The Labute approximate surface area is 119 Å². The summed E-state index contributed by atoms with van der Waals surface area (Å²) in [6.07, 6.45) is 5.65. The van der Waals surface area contributed by atoms with Crippen LogP contribution in [0.2, 0.25) is 0 Å². The van der Waals surface area contributed by atoms with E-state index in [9.17, 15) is 0 Å². The van der Waals surface area contributed by atoms with Crippen LogP contribution in [0.15, 0.2) is 36.5 Å². The number of nitrogens with zero attached hydrogens (tertiary/aromatic N) is 2. The predicted molar refractivity (Wildman–Crippen MR) is 79.1 cm³/mol. The number of nitriles is 1. The minimum absolute atomic E-state index is 0.436. The van der Waals surface area contributed by atoms with E-state index >= 15 is 0 Å². The third kappa shape index (κ3) is 2.48. The maximum absolute atomic E-state index is 8.99. The monoisotopic (exact) mass is 265 g/mol. The van der Waals surface area contributed by atoms with Crippen molar-refractivity contribution >= 4 is 0 Å². The number of aryl methyl sites for hydroxylation is 2. The fourth-order valence-electron chi connectivity index (χ4n) is 3.05. The Kier molecular flexibility index (Phi) is 3.58. The van der Waals surface area contributed by atoms with Gasteiger partial charge in [0.2, 0.25) is 0 Å². The van der Waals surface area contributed by atoms with E-state index in [-0.39, 0.29) is 0 Å². The third-order valence-corrected chi connectivity index (χ3v) is 4.10. The molecule has 3 nitrogen and oxygen atoms in total. The van der Waals surface area contributed by atoms with Crippen LogP contribution < -0.4 is 5.32 Å². The van der Waals surface area contributed by atoms with Crippen LogP contribution in [0.4, 0.5) is 0 Å². The zero-order valence-electron chi connectivity index (χ0n) is 11.8. The van der Waals surface area contributed by atoms with Crippen LogP contribution >= 0.6 is 0 Å². The smallest absolute Gasteiger partial charge is 0.120 e. The lowest BCUT2D eigenvalue weighted by atomic mass is 9.88. The highest BCUT2D eigenvalue weighted by atomic mass is 15.0. The Morgan fingerprint density at radius 2 is 2.25 bits per heavy atom. The minimum Gasteiger partial charge on any atom is -0.342 e. The molecule has 1 aromatic carbocycles. The second-order valence-electron chi connectivity index (χ2n) is 5.48. The quantitative estimate of drug-likeness (QED) is 0.926. The third-order valence-electron chi connectivity index (χ3n) is 4.10. The van der Waals surface area contributed by atoms with Gasteiger partial charge >= 0.3 is 0 Å². The maximum Gasteiger partial charge on any atom is 0.120 e. The van der Waals surface area contributed by atoms with Gasteiger partial charge in [-0.15, -0.1) is 0 Å². The van der Waals surface area contributed by atoms with Crippen LogP contribution in [-0.2, 0) is 20.0 Å². The molecule has 0 bridgehead atoms. The zero-order valence-corrected chi connectivity index (χ0v) is 11.8. The van der Waals surface area contributed by atoms with Gasteiger partial charge in [-0.3, -0.25) is 0 Å². The summed E-state index contributed by atoms with van der Waals surface area (Å²) in [7, 11) is 1.91. The van der Waals surface area contributed by atoms with E-state index in [0.29, 0.717) is 11.7 Å². The molecule has 1 atom stereocenters. The molecule has 1 aromatic heterocycles. The number of nitrogens with one attached hydrogen (secondary N) is 1.